The van der Waals surface area contributed by atoms with Crippen LogP contribution in [0.15, 0.2) is 0 Å². The highest BCUT2D eigenvalue weighted by Crippen LogP contribution is 2.40. The highest BCUT2D eigenvalue weighted by Gasteiger charge is 2.30. The molecule has 0 heterocycles. The van der Waals surface area contributed by atoms with E-state index < -0.39 is 0 Å². The van der Waals surface area contributed by atoms with Crippen LogP contribution < -0.4 is 0 Å². The third-order valence-electron chi connectivity index (χ3n) is 1.94. The molecule has 0 aliphatic heterocycles. The molecule has 1 aliphatic carbocycles. The van der Waals surface area contributed by atoms with Gasteiger partial charge in [0.05, 0.1) is 0 Å². The van der Waals surface area contributed by atoms with Gasteiger partial charge >= 0.3 is 0 Å². The van der Waals surface area contributed by atoms with Gasteiger partial charge < -0.3 is 0 Å². The van der Waals surface area contributed by atoms with Gasteiger partial charge in [-0.15, -0.1) is 12.3 Å². The molecule has 0 amide bonds. The molecule has 8 heavy (non-hydrogen) atoms. The van der Waals surface area contributed by atoms with E-state index in [-0.39, 0.29) is 0 Å². The predicted octanol–water partition coefficient (Wildman–Crippen LogP) is 2.06. The standard InChI is InChI=1S/C8H12/c1-3-4-5-8-6-7(8)2/h1,7-8H,4-6H2,2H3. The van der Waals surface area contributed by atoms with E-state index in [0.29, 0.717) is 0 Å². The summed E-state index contributed by atoms with van der Waals surface area (Å²) in [6.07, 6.45) is 8.76. The number of hydrogen-bond donors (Lipinski definition) is 0. The van der Waals surface area contributed by atoms with Crippen LogP contribution in [0.1, 0.15) is 26.2 Å². The largest absolute Gasteiger partial charge is 0.120 e. The SMILES string of the molecule is C#CCCC1CC1C. The quantitative estimate of drug-likeness (QED) is 0.475. The van der Waals surface area contributed by atoms with Gasteiger partial charge in [0.2, 0.25) is 0 Å². The summed E-state index contributed by atoms with van der Waals surface area (Å²) in [5.74, 6) is 4.61. The lowest BCUT2D eigenvalue weighted by Gasteiger charge is -1.86. The first-order chi connectivity index (χ1) is 3.84. The van der Waals surface area contributed by atoms with Crippen molar-refractivity contribution in [3.63, 3.8) is 0 Å². The summed E-state index contributed by atoms with van der Waals surface area (Å²) in [7, 11) is 0. The van der Waals surface area contributed by atoms with Gasteiger partial charge in [-0.2, -0.15) is 0 Å². The normalized spacial score (nSPS) is 34.0. The van der Waals surface area contributed by atoms with E-state index in [0.717, 1.165) is 18.3 Å². The molecular weight excluding hydrogens is 96.1 g/mol. The molecule has 0 saturated heterocycles. The molecule has 2 unspecified atom stereocenters. The molecule has 0 heteroatoms. The van der Waals surface area contributed by atoms with Crippen molar-refractivity contribution in [1.82, 2.24) is 0 Å². The van der Waals surface area contributed by atoms with Crippen LogP contribution in [0.25, 0.3) is 0 Å². The van der Waals surface area contributed by atoms with Gasteiger partial charge in [-0.1, -0.05) is 6.92 Å². The van der Waals surface area contributed by atoms with Gasteiger partial charge in [0.1, 0.15) is 0 Å². The third kappa shape index (κ3) is 1.26. The van der Waals surface area contributed by atoms with Crippen molar-refractivity contribution in [2.45, 2.75) is 26.2 Å². The maximum Gasteiger partial charge on any atom is 0.00887 e. The molecular formula is C8H12. The molecule has 2 atom stereocenters. The highest BCUT2D eigenvalue weighted by atomic mass is 14.4. The van der Waals surface area contributed by atoms with Crippen molar-refractivity contribution in [3.05, 3.63) is 0 Å². The van der Waals surface area contributed by atoms with E-state index in [9.17, 15) is 0 Å². The Morgan fingerprint density at radius 3 is 2.75 bits per heavy atom. The summed E-state index contributed by atoms with van der Waals surface area (Å²) >= 11 is 0. The molecule has 1 saturated carbocycles. The van der Waals surface area contributed by atoms with Crippen LogP contribution in [-0.2, 0) is 0 Å². The van der Waals surface area contributed by atoms with Crippen LogP contribution >= 0.6 is 0 Å². The van der Waals surface area contributed by atoms with E-state index in [2.05, 4.69) is 12.8 Å². The van der Waals surface area contributed by atoms with Gasteiger partial charge in [-0.25, -0.2) is 0 Å². The van der Waals surface area contributed by atoms with Crippen molar-refractivity contribution in [3.8, 4) is 12.3 Å². The van der Waals surface area contributed by atoms with Crippen LogP contribution in [0.3, 0.4) is 0 Å². The second kappa shape index (κ2) is 2.22. The Morgan fingerprint density at radius 1 is 1.75 bits per heavy atom. The number of terminal acetylenes is 1. The second-order valence-corrected chi connectivity index (χ2v) is 2.72. The van der Waals surface area contributed by atoms with Gasteiger partial charge in [-0.3, -0.25) is 0 Å². The maximum absolute atomic E-state index is 5.10. The molecule has 0 N–H and O–H groups in total. The first-order valence-corrected chi connectivity index (χ1v) is 3.28. The average Bonchev–Trinajstić information content (AvgIpc) is 2.42. The third-order valence-corrected chi connectivity index (χ3v) is 1.94. The molecule has 44 valence electrons. The topological polar surface area (TPSA) is 0 Å². The van der Waals surface area contributed by atoms with Gasteiger partial charge in [0.25, 0.3) is 0 Å². The molecule has 0 nitrogen and oxygen atoms in total. The van der Waals surface area contributed by atoms with Crippen molar-refractivity contribution < 1.29 is 0 Å². The van der Waals surface area contributed by atoms with Gasteiger partial charge in [-0.05, 0) is 24.7 Å². The second-order valence-electron chi connectivity index (χ2n) is 2.72. The Balaban J connectivity index is 1.99. The molecule has 0 spiro atoms. The van der Waals surface area contributed by atoms with Crippen LogP contribution in [-0.4, -0.2) is 0 Å². The minimum atomic E-state index is 0.975. The molecule has 1 rings (SSSR count). The Hall–Kier alpha value is -0.440. The maximum atomic E-state index is 5.10. The van der Waals surface area contributed by atoms with Crippen molar-refractivity contribution in [2.24, 2.45) is 11.8 Å². The smallest absolute Gasteiger partial charge is 0.00887 e. The van der Waals surface area contributed by atoms with Crippen LogP contribution in [0.4, 0.5) is 0 Å². The van der Waals surface area contributed by atoms with E-state index in [1.807, 2.05) is 0 Å². The lowest BCUT2D eigenvalue weighted by molar-refractivity contribution is 0.691. The summed E-state index contributed by atoms with van der Waals surface area (Å²) in [5, 5.41) is 0. The summed E-state index contributed by atoms with van der Waals surface area (Å²) < 4.78 is 0. The van der Waals surface area contributed by atoms with Crippen LogP contribution in [0.5, 0.6) is 0 Å². The zero-order valence-corrected chi connectivity index (χ0v) is 5.35. The Morgan fingerprint density at radius 2 is 2.38 bits per heavy atom. The summed E-state index contributed by atoms with van der Waals surface area (Å²) in [4.78, 5) is 0. The van der Waals surface area contributed by atoms with Gasteiger partial charge in [0, 0.05) is 6.42 Å². The van der Waals surface area contributed by atoms with E-state index in [1.165, 1.54) is 12.8 Å². The summed E-state index contributed by atoms with van der Waals surface area (Å²) in [5.41, 5.74) is 0. The molecule has 0 aromatic heterocycles. The Kier molecular flexibility index (Phi) is 1.58. The van der Waals surface area contributed by atoms with Crippen molar-refractivity contribution in [1.29, 1.82) is 0 Å². The highest BCUT2D eigenvalue weighted by molar-refractivity contribution is 4.89. The molecule has 0 bridgehead atoms. The zero-order chi connectivity index (χ0) is 5.98. The summed E-state index contributed by atoms with van der Waals surface area (Å²) in [6.45, 7) is 2.29. The van der Waals surface area contributed by atoms with Crippen molar-refractivity contribution >= 4 is 0 Å². The molecule has 1 aliphatic rings. The summed E-state index contributed by atoms with van der Waals surface area (Å²) in [6, 6.07) is 0. The Bertz CT molecular complexity index is 108. The molecule has 1 fully saturated rings. The predicted molar refractivity (Wildman–Crippen MR) is 35.3 cm³/mol. The first kappa shape index (κ1) is 5.69. The van der Waals surface area contributed by atoms with E-state index in [4.69, 9.17) is 6.42 Å². The lowest BCUT2D eigenvalue weighted by atomic mass is 10.2. The first-order valence-electron chi connectivity index (χ1n) is 3.28. The molecule has 0 aromatic carbocycles. The fourth-order valence-corrected chi connectivity index (χ4v) is 1.07. The zero-order valence-electron chi connectivity index (χ0n) is 5.35. The average molecular weight is 108 g/mol. The monoisotopic (exact) mass is 108 g/mol. The minimum absolute atomic E-state index is 0.975. The van der Waals surface area contributed by atoms with E-state index >= 15 is 0 Å². The fraction of sp³-hybridized carbons (Fsp3) is 0.750. The van der Waals surface area contributed by atoms with Gasteiger partial charge in [0.15, 0.2) is 0 Å². The number of hydrogen-bond acceptors (Lipinski definition) is 0. The van der Waals surface area contributed by atoms with Crippen molar-refractivity contribution in [2.75, 3.05) is 0 Å². The van der Waals surface area contributed by atoms with Crippen LogP contribution in [0, 0.1) is 24.2 Å². The number of rotatable bonds is 2. The Labute approximate surface area is 51.3 Å². The van der Waals surface area contributed by atoms with E-state index in [1.54, 1.807) is 0 Å². The lowest BCUT2D eigenvalue weighted by Crippen LogP contribution is -1.75. The van der Waals surface area contributed by atoms with Crippen LogP contribution in [0.2, 0.25) is 0 Å². The fourth-order valence-electron chi connectivity index (χ4n) is 1.07. The minimum Gasteiger partial charge on any atom is -0.120 e. The molecule has 0 aromatic rings. The molecule has 0 radical (unpaired) electrons.